The van der Waals surface area contributed by atoms with Crippen LogP contribution in [0, 0.1) is 11.2 Å². The largest absolute Gasteiger partial charge is 0.501 e. The van der Waals surface area contributed by atoms with E-state index in [4.69, 9.17) is 16.3 Å². The number of benzene rings is 1. The fourth-order valence-electron chi connectivity index (χ4n) is 6.86. The molecule has 1 unspecified atom stereocenters. The summed E-state index contributed by atoms with van der Waals surface area (Å²) in [6.45, 7) is 2.12. The molecule has 1 atom stereocenters. The second-order valence-electron chi connectivity index (χ2n) is 12.4. The van der Waals surface area contributed by atoms with Crippen LogP contribution in [-0.4, -0.2) is 89.1 Å². The van der Waals surface area contributed by atoms with Crippen molar-refractivity contribution in [2.45, 2.75) is 63.2 Å². The first-order chi connectivity index (χ1) is 20.9. The van der Waals surface area contributed by atoms with E-state index in [1.165, 1.54) is 36.9 Å². The van der Waals surface area contributed by atoms with Gasteiger partial charge in [0.2, 0.25) is 5.75 Å². The number of methoxy groups -OCH3 is 1. The van der Waals surface area contributed by atoms with E-state index in [1.54, 1.807) is 7.11 Å². The van der Waals surface area contributed by atoms with E-state index in [0.717, 1.165) is 24.3 Å². The lowest BCUT2D eigenvalue weighted by Crippen LogP contribution is -2.54. The second kappa shape index (κ2) is 12.4. The van der Waals surface area contributed by atoms with E-state index in [9.17, 15) is 28.7 Å². The maximum Gasteiger partial charge on any atom is 0.311 e. The molecule has 1 aromatic carbocycles. The quantitative estimate of drug-likeness (QED) is 0.373. The highest BCUT2D eigenvalue weighted by atomic mass is 35.5. The number of ether oxygens (including phenoxy) is 1. The minimum absolute atomic E-state index is 0.105. The summed E-state index contributed by atoms with van der Waals surface area (Å²) in [7, 11) is 4.60. The van der Waals surface area contributed by atoms with Gasteiger partial charge in [0.1, 0.15) is 11.6 Å². The minimum atomic E-state index is -1.24. The van der Waals surface area contributed by atoms with E-state index in [0.29, 0.717) is 38.8 Å². The molecule has 1 aromatic heterocycles. The fourth-order valence-corrected chi connectivity index (χ4v) is 7.06. The predicted octanol–water partition coefficient (Wildman–Crippen LogP) is 1.76. The maximum atomic E-state index is 14.4. The van der Waals surface area contributed by atoms with Crippen molar-refractivity contribution in [2.75, 3.05) is 40.9 Å². The second-order valence-corrected chi connectivity index (χ2v) is 12.8. The molecule has 2 bridgehead atoms. The molecule has 2 aromatic rings. The van der Waals surface area contributed by atoms with Crippen LogP contribution >= 0.6 is 11.6 Å². The summed E-state index contributed by atoms with van der Waals surface area (Å²) >= 11 is 5.86. The van der Waals surface area contributed by atoms with E-state index >= 15 is 0 Å². The Labute approximate surface area is 259 Å². The van der Waals surface area contributed by atoms with Crippen molar-refractivity contribution in [3.8, 4) is 5.75 Å². The molecule has 1 saturated heterocycles. The molecule has 0 spiro atoms. The molecule has 14 heteroatoms. The molecule has 238 valence electrons. The zero-order valence-corrected chi connectivity index (χ0v) is 25.9. The van der Waals surface area contributed by atoms with Gasteiger partial charge in [-0.15, -0.1) is 0 Å². The molecule has 0 radical (unpaired) electrons. The summed E-state index contributed by atoms with van der Waals surface area (Å²) in [6, 6.07) is 4.61. The average molecular weight is 633 g/mol. The summed E-state index contributed by atoms with van der Waals surface area (Å²) in [4.78, 5) is 60.8. The molecule has 6 rings (SSSR count). The van der Waals surface area contributed by atoms with Crippen LogP contribution in [0.25, 0.3) is 0 Å². The lowest BCUT2D eigenvalue weighted by atomic mass is 9.68. The lowest BCUT2D eigenvalue weighted by Gasteiger charge is -2.44. The van der Waals surface area contributed by atoms with Crippen LogP contribution in [0.4, 0.5) is 4.39 Å². The Balaban J connectivity index is 1.53. The summed E-state index contributed by atoms with van der Waals surface area (Å²) in [6.07, 6.45) is 4.00. The van der Waals surface area contributed by atoms with Gasteiger partial charge in [-0.05, 0) is 51.1 Å². The Morgan fingerprint density at radius 1 is 1.23 bits per heavy atom. The number of carbonyl (C=O) groups excluding carboxylic acids is 3. The molecule has 12 nitrogen and oxygen atoms in total. The third-order valence-electron chi connectivity index (χ3n) is 9.27. The van der Waals surface area contributed by atoms with Gasteiger partial charge < -0.3 is 25.4 Å². The molecule has 1 aliphatic carbocycles. The van der Waals surface area contributed by atoms with Gasteiger partial charge in [0.25, 0.3) is 11.5 Å². The maximum absolute atomic E-state index is 14.4. The highest BCUT2D eigenvalue weighted by molar-refractivity contribution is 6.35. The van der Waals surface area contributed by atoms with Crippen LogP contribution in [0.1, 0.15) is 60.4 Å². The third kappa shape index (κ3) is 5.92. The number of amides is 3. The van der Waals surface area contributed by atoms with Crippen LogP contribution < -0.4 is 16.2 Å². The number of nitrogens with one attached hydrogen (secondary N) is 2. The summed E-state index contributed by atoms with van der Waals surface area (Å²) in [5, 5.41) is 16.2. The third-order valence-corrected chi connectivity index (χ3v) is 9.56. The summed E-state index contributed by atoms with van der Waals surface area (Å²) in [5.74, 6) is -3.98. The number of likely N-dealkylation sites (tertiary alicyclic amines) is 1. The average Bonchev–Trinajstić information content (AvgIpc) is 3.32. The van der Waals surface area contributed by atoms with Gasteiger partial charge in [0, 0.05) is 57.9 Å². The van der Waals surface area contributed by atoms with Gasteiger partial charge in [-0.2, -0.15) is 0 Å². The number of nitrogens with zero attached hydrogens (tertiary/aromatic N) is 4. The Kier molecular flexibility index (Phi) is 9.01. The SMILES string of the molecule is COCC1CCCN1CC12CCC(NC(=O)C(=O)N(C)C)(CC1)c1nc(C(=O)NCc3cccc(Cl)c3F)c(O)c(=O)n1C2. The number of fused-ring (bicyclic) bond motifs is 2. The van der Waals surface area contributed by atoms with E-state index in [1.807, 2.05) is 0 Å². The van der Waals surface area contributed by atoms with Crippen molar-refractivity contribution in [1.29, 1.82) is 0 Å². The first kappa shape index (κ1) is 31.9. The zero-order chi connectivity index (χ0) is 31.8. The predicted molar refractivity (Wildman–Crippen MR) is 159 cm³/mol. The molecular weight excluding hydrogens is 595 g/mol. The first-order valence-corrected chi connectivity index (χ1v) is 15.1. The van der Waals surface area contributed by atoms with Gasteiger partial charge in [0.05, 0.1) is 17.2 Å². The van der Waals surface area contributed by atoms with Crippen molar-refractivity contribution in [3.63, 3.8) is 0 Å². The number of hydrogen-bond acceptors (Lipinski definition) is 8. The smallest absolute Gasteiger partial charge is 0.311 e. The summed E-state index contributed by atoms with van der Waals surface area (Å²) in [5.41, 5.74) is -2.88. The first-order valence-electron chi connectivity index (χ1n) is 14.7. The van der Waals surface area contributed by atoms with Crippen molar-refractivity contribution < 1.29 is 28.6 Å². The number of carbonyl (C=O) groups is 3. The van der Waals surface area contributed by atoms with E-state index in [-0.39, 0.29) is 41.0 Å². The van der Waals surface area contributed by atoms with Crippen molar-refractivity contribution >= 4 is 29.3 Å². The van der Waals surface area contributed by atoms with Gasteiger partial charge in [-0.3, -0.25) is 28.6 Å². The molecule has 3 amide bonds. The fraction of sp³-hybridized carbons (Fsp3) is 0.567. The molecule has 4 heterocycles. The van der Waals surface area contributed by atoms with E-state index < -0.39 is 46.1 Å². The van der Waals surface area contributed by atoms with Crippen LogP contribution in [0.3, 0.4) is 0 Å². The topological polar surface area (TPSA) is 146 Å². The number of likely N-dealkylation sites (N-methyl/N-ethyl adjacent to an activating group) is 1. The highest BCUT2D eigenvalue weighted by Crippen LogP contribution is 2.50. The Bertz CT molecular complexity index is 1520. The molecule has 4 aliphatic rings. The molecule has 44 heavy (non-hydrogen) atoms. The Morgan fingerprint density at radius 2 is 1.95 bits per heavy atom. The number of rotatable bonds is 8. The van der Waals surface area contributed by atoms with Crippen molar-refractivity contribution in [2.24, 2.45) is 5.41 Å². The summed E-state index contributed by atoms with van der Waals surface area (Å²) < 4.78 is 21.2. The van der Waals surface area contributed by atoms with E-state index in [2.05, 4.69) is 20.5 Å². The van der Waals surface area contributed by atoms with Gasteiger partial charge in [-0.25, -0.2) is 9.37 Å². The minimum Gasteiger partial charge on any atom is -0.501 e. The van der Waals surface area contributed by atoms with Crippen LogP contribution in [0.2, 0.25) is 5.02 Å². The monoisotopic (exact) mass is 632 g/mol. The van der Waals surface area contributed by atoms with Crippen molar-refractivity contribution in [3.05, 3.63) is 56.5 Å². The molecule has 3 aliphatic heterocycles. The van der Waals surface area contributed by atoms with Gasteiger partial charge in [0.15, 0.2) is 5.69 Å². The highest BCUT2D eigenvalue weighted by Gasteiger charge is 2.53. The Hall–Kier alpha value is -3.55. The van der Waals surface area contributed by atoms with Crippen molar-refractivity contribution in [1.82, 2.24) is 30.0 Å². The molecular formula is C30H38ClFN6O6. The van der Waals surface area contributed by atoms with Gasteiger partial charge >= 0.3 is 11.8 Å². The zero-order valence-electron chi connectivity index (χ0n) is 25.1. The Morgan fingerprint density at radius 3 is 2.64 bits per heavy atom. The van der Waals surface area contributed by atoms with Crippen LogP contribution in [0.5, 0.6) is 5.75 Å². The molecule has 2 fully saturated rings. The number of halogens is 2. The van der Waals surface area contributed by atoms with Gasteiger partial charge in [-0.1, -0.05) is 23.7 Å². The number of aromatic nitrogens is 2. The molecule has 1 saturated carbocycles. The standard InChI is InChI=1S/C30H38ClFN6O6/c1-36(2)27(43)25(41)35-30-11-9-29(10-12-30,16-37-13-5-7-19(37)15-44-3)17-38-26(42)23(39)22(34-28(30)38)24(40)33-14-18-6-4-8-20(31)21(18)32/h4,6,8,19,39H,5,7,9-17H2,1-3H3,(H,33,40)(H,35,41). The number of aromatic hydroxyl groups is 1. The normalized spacial score (nSPS) is 24.4. The molecule has 3 N–H and O–H groups in total. The number of hydrogen-bond donors (Lipinski definition) is 3. The van der Waals surface area contributed by atoms with Crippen LogP contribution in [0.15, 0.2) is 23.0 Å². The lowest BCUT2D eigenvalue weighted by molar-refractivity contribution is -0.145. The van der Waals surface area contributed by atoms with Crippen LogP contribution in [-0.2, 0) is 33.0 Å².